The van der Waals surface area contributed by atoms with Gasteiger partial charge in [-0.15, -0.1) is 11.3 Å². The molecule has 0 amide bonds. The Kier molecular flexibility index (Phi) is 7.25. The fourth-order valence-electron chi connectivity index (χ4n) is 2.27. The van der Waals surface area contributed by atoms with Gasteiger partial charge in [0.05, 0.1) is 34.8 Å². The van der Waals surface area contributed by atoms with Crippen LogP contribution in [0.4, 0.5) is 8.78 Å². The Balaban J connectivity index is 2.31. The van der Waals surface area contributed by atoms with E-state index in [1.54, 1.807) is 19.1 Å². The summed E-state index contributed by atoms with van der Waals surface area (Å²) in [7, 11) is -1.41. The number of carbonyl (C=O) groups is 1. The molecule has 0 aliphatic heterocycles. The van der Waals surface area contributed by atoms with Crippen LogP contribution in [0.2, 0.25) is 0 Å². The van der Waals surface area contributed by atoms with Crippen LogP contribution in [0.5, 0.6) is 0 Å². The minimum absolute atomic E-state index is 0.00150. The zero-order valence-corrected chi connectivity index (χ0v) is 17.3. The van der Waals surface area contributed by atoms with E-state index in [0.717, 1.165) is 10.9 Å². The number of nitrogens with one attached hydrogen (secondary N) is 1. The van der Waals surface area contributed by atoms with Crippen LogP contribution in [-0.2, 0) is 20.5 Å². The molecule has 0 unspecified atom stereocenters. The third-order valence-electron chi connectivity index (χ3n) is 3.65. The molecule has 27 heavy (non-hydrogen) atoms. The first kappa shape index (κ1) is 21.7. The van der Waals surface area contributed by atoms with Crippen LogP contribution in [-0.4, -0.2) is 21.5 Å². The third kappa shape index (κ3) is 5.92. The van der Waals surface area contributed by atoms with E-state index >= 15 is 0 Å². The number of hydrogen-bond donors (Lipinski definition) is 1. The summed E-state index contributed by atoms with van der Waals surface area (Å²) in [6.45, 7) is 7.44. The number of carbonyl (C=O) groups excluding carboxylic acids is 1. The van der Waals surface area contributed by atoms with Crippen molar-refractivity contribution in [2.45, 2.75) is 44.9 Å². The Labute approximate surface area is 164 Å². The number of ether oxygens (including phenoxy) is 1. The van der Waals surface area contributed by atoms with Gasteiger partial charge in [0.1, 0.15) is 11.6 Å². The first-order valence-corrected chi connectivity index (χ1v) is 10.5. The van der Waals surface area contributed by atoms with Gasteiger partial charge in [-0.1, -0.05) is 0 Å². The average molecular weight is 416 g/mol. The quantitative estimate of drug-likeness (QED) is 0.665. The lowest BCUT2D eigenvalue weighted by atomic mass is 10.1. The van der Waals surface area contributed by atoms with Gasteiger partial charge >= 0.3 is 5.97 Å². The van der Waals surface area contributed by atoms with E-state index in [1.165, 1.54) is 23.5 Å². The summed E-state index contributed by atoms with van der Waals surface area (Å²) in [6.07, 6.45) is 0.00150. The maximum Gasteiger partial charge on any atom is 0.307 e. The summed E-state index contributed by atoms with van der Waals surface area (Å²) in [5, 5.41) is 0. The summed E-state index contributed by atoms with van der Waals surface area (Å²) in [6, 6.07) is 6.32. The van der Waals surface area contributed by atoms with Crippen molar-refractivity contribution in [1.82, 2.24) is 4.72 Å². The zero-order chi connectivity index (χ0) is 20.2. The molecule has 1 aromatic heterocycles. The molecule has 1 heterocycles. The fourth-order valence-corrected chi connectivity index (χ4v) is 4.25. The van der Waals surface area contributed by atoms with Gasteiger partial charge in [0.15, 0.2) is 0 Å². The Bertz CT molecular complexity index is 831. The minimum atomic E-state index is -1.41. The van der Waals surface area contributed by atoms with E-state index in [1.807, 2.05) is 20.8 Å². The van der Waals surface area contributed by atoms with Crippen molar-refractivity contribution in [2.24, 2.45) is 0 Å². The molecule has 2 atom stereocenters. The normalized spacial score (nSPS) is 14.0. The molecule has 0 bridgehead atoms. The summed E-state index contributed by atoms with van der Waals surface area (Å²) < 4.78 is 47.2. The van der Waals surface area contributed by atoms with Crippen molar-refractivity contribution in [3.05, 3.63) is 46.8 Å². The molecule has 0 aliphatic rings. The summed E-state index contributed by atoms with van der Waals surface area (Å²) >= 11 is 1.26. The molecule has 1 N–H and O–H groups in total. The maximum absolute atomic E-state index is 14.1. The lowest BCUT2D eigenvalue weighted by molar-refractivity contribution is -0.143. The van der Waals surface area contributed by atoms with E-state index in [4.69, 9.17) is 4.74 Å². The SMILES string of the molecule is CCOC(=O)C[C@H](N[S@](=O)C(C)(C)C)c1ccc(-c2ccc(F)cc2F)s1. The van der Waals surface area contributed by atoms with Crippen molar-refractivity contribution < 1.29 is 22.5 Å². The molecule has 2 aromatic rings. The average Bonchev–Trinajstić information content (AvgIpc) is 3.03. The first-order chi connectivity index (χ1) is 12.6. The van der Waals surface area contributed by atoms with Gasteiger partial charge in [0.25, 0.3) is 0 Å². The van der Waals surface area contributed by atoms with E-state index in [-0.39, 0.29) is 18.6 Å². The smallest absolute Gasteiger partial charge is 0.307 e. The number of halogens is 2. The van der Waals surface area contributed by atoms with Crippen LogP contribution in [0, 0.1) is 11.6 Å². The number of rotatable bonds is 7. The largest absolute Gasteiger partial charge is 0.466 e. The van der Waals surface area contributed by atoms with Gasteiger partial charge in [-0.05, 0) is 52.0 Å². The molecule has 0 saturated carbocycles. The van der Waals surface area contributed by atoms with Crippen LogP contribution >= 0.6 is 11.3 Å². The second-order valence-corrected chi connectivity index (χ2v) is 10.0. The minimum Gasteiger partial charge on any atom is -0.466 e. The standard InChI is InChI=1S/C19H23F2NO3S2/c1-5-25-18(23)11-15(22-27(24)19(2,3)4)17-9-8-16(26-17)13-7-6-12(20)10-14(13)21/h6-10,15,22H,5,11H2,1-4H3/t15-,27+/m0/s1. The Morgan fingerprint density at radius 3 is 2.56 bits per heavy atom. The number of esters is 1. The fraction of sp³-hybridized carbons (Fsp3) is 0.421. The van der Waals surface area contributed by atoms with Gasteiger partial charge in [-0.3, -0.25) is 4.79 Å². The van der Waals surface area contributed by atoms with Crippen molar-refractivity contribution in [2.75, 3.05) is 6.61 Å². The maximum atomic E-state index is 14.1. The molecule has 0 fully saturated rings. The lowest BCUT2D eigenvalue weighted by Gasteiger charge is -2.23. The van der Waals surface area contributed by atoms with Crippen molar-refractivity contribution in [3.63, 3.8) is 0 Å². The molecule has 1 aromatic carbocycles. The highest BCUT2D eigenvalue weighted by atomic mass is 32.2. The molecule has 0 spiro atoms. The predicted molar refractivity (Wildman–Crippen MR) is 105 cm³/mol. The monoisotopic (exact) mass is 415 g/mol. The Hall–Kier alpha value is -1.64. The van der Waals surface area contributed by atoms with Crippen molar-refractivity contribution >= 4 is 28.3 Å². The Morgan fingerprint density at radius 1 is 1.26 bits per heavy atom. The van der Waals surface area contributed by atoms with Crippen LogP contribution < -0.4 is 4.72 Å². The van der Waals surface area contributed by atoms with Gasteiger partial charge < -0.3 is 4.74 Å². The molecule has 4 nitrogen and oxygen atoms in total. The van der Waals surface area contributed by atoms with E-state index in [9.17, 15) is 17.8 Å². The molecule has 0 radical (unpaired) electrons. The molecule has 0 saturated heterocycles. The predicted octanol–water partition coefficient (Wildman–Crippen LogP) is 4.74. The molecule has 0 aliphatic carbocycles. The van der Waals surface area contributed by atoms with Crippen LogP contribution in [0.25, 0.3) is 10.4 Å². The molecule has 2 rings (SSSR count). The van der Waals surface area contributed by atoms with E-state index in [0.29, 0.717) is 4.88 Å². The highest BCUT2D eigenvalue weighted by molar-refractivity contribution is 7.84. The van der Waals surface area contributed by atoms with Crippen molar-refractivity contribution in [1.29, 1.82) is 0 Å². The van der Waals surface area contributed by atoms with E-state index in [2.05, 4.69) is 4.72 Å². The molecular weight excluding hydrogens is 392 g/mol. The second kappa shape index (κ2) is 9.03. The zero-order valence-electron chi connectivity index (χ0n) is 15.7. The first-order valence-electron chi connectivity index (χ1n) is 8.50. The van der Waals surface area contributed by atoms with Crippen molar-refractivity contribution in [3.8, 4) is 10.4 Å². The topological polar surface area (TPSA) is 55.4 Å². The highest BCUT2D eigenvalue weighted by Gasteiger charge is 2.27. The summed E-state index contributed by atoms with van der Waals surface area (Å²) in [5.74, 6) is -1.71. The van der Waals surface area contributed by atoms with Crippen LogP contribution in [0.3, 0.4) is 0 Å². The van der Waals surface area contributed by atoms with Crippen LogP contribution in [0.15, 0.2) is 30.3 Å². The third-order valence-corrected chi connectivity index (χ3v) is 6.49. The molecule has 148 valence electrons. The van der Waals surface area contributed by atoms with E-state index < -0.39 is 39.4 Å². The van der Waals surface area contributed by atoms with Gasteiger partial charge in [-0.25, -0.2) is 17.7 Å². The van der Waals surface area contributed by atoms with Gasteiger partial charge in [0.2, 0.25) is 0 Å². The number of benzene rings is 1. The van der Waals surface area contributed by atoms with Gasteiger partial charge in [0, 0.05) is 21.4 Å². The number of thiophene rings is 1. The molecular formula is C19H23F2NO3S2. The second-order valence-electron chi connectivity index (χ2n) is 6.89. The number of hydrogen-bond acceptors (Lipinski definition) is 4. The Morgan fingerprint density at radius 2 is 1.96 bits per heavy atom. The van der Waals surface area contributed by atoms with Crippen LogP contribution in [0.1, 0.15) is 45.0 Å². The molecule has 8 heteroatoms. The lowest BCUT2D eigenvalue weighted by Crippen LogP contribution is -2.36. The highest BCUT2D eigenvalue weighted by Crippen LogP contribution is 2.35. The summed E-state index contributed by atoms with van der Waals surface area (Å²) in [4.78, 5) is 13.3. The van der Waals surface area contributed by atoms with Gasteiger partial charge in [-0.2, -0.15) is 0 Å². The summed E-state index contributed by atoms with van der Waals surface area (Å²) in [5.41, 5.74) is 0.277.